The first kappa shape index (κ1) is 18.6. The highest BCUT2D eigenvalue weighted by atomic mass is 32.2. The predicted molar refractivity (Wildman–Crippen MR) is 106 cm³/mol. The second-order valence-corrected chi connectivity index (χ2v) is 8.92. The number of carbonyl (C=O) groups is 2. The molecule has 2 aromatic rings. The number of nitrogens with one attached hydrogen (secondary N) is 1. The molecule has 2 aromatic carbocycles. The van der Waals surface area contributed by atoms with Gasteiger partial charge in [-0.3, -0.25) is 9.59 Å². The average molecular weight is 399 g/mol. The van der Waals surface area contributed by atoms with Crippen LogP contribution in [0.2, 0.25) is 0 Å². The van der Waals surface area contributed by atoms with Crippen LogP contribution in [0.15, 0.2) is 53.4 Å². The van der Waals surface area contributed by atoms with Crippen LogP contribution >= 0.6 is 0 Å². The summed E-state index contributed by atoms with van der Waals surface area (Å²) in [6.45, 7) is 0.946. The molecule has 8 heteroatoms. The molecule has 0 saturated carbocycles. The largest absolute Gasteiger partial charge is 0.383 e. The monoisotopic (exact) mass is 399 g/mol. The van der Waals surface area contributed by atoms with Crippen LogP contribution in [0.4, 0.5) is 11.4 Å². The number of amides is 1. The Bertz CT molecular complexity index is 1040. The van der Waals surface area contributed by atoms with E-state index in [0.29, 0.717) is 18.8 Å². The molecule has 146 valence electrons. The van der Waals surface area contributed by atoms with E-state index in [4.69, 9.17) is 0 Å². The van der Waals surface area contributed by atoms with Gasteiger partial charge in [0.1, 0.15) is 0 Å². The number of Topliss-reactive ketones (excluding diaryl/α,β-unsaturated/α-hetero) is 1. The number of ketones is 1. The topological polar surface area (TPSA) is 86.8 Å². The van der Waals surface area contributed by atoms with E-state index >= 15 is 0 Å². The third kappa shape index (κ3) is 3.08. The van der Waals surface area contributed by atoms with Gasteiger partial charge in [0, 0.05) is 31.9 Å². The highest BCUT2D eigenvalue weighted by Gasteiger charge is 2.38. The maximum Gasteiger partial charge on any atom is 0.299 e. The van der Waals surface area contributed by atoms with E-state index in [2.05, 4.69) is 5.32 Å². The standard InChI is InChI=1S/C20H21N3O4S/c1-22-18-10-9-16(12-17(18)19(24)20(22)25)28(26,27)23-11-5-8-15(23)13-21-14-6-3-2-4-7-14/h2-4,6-7,9-10,12,15,21H,5,8,11,13H2,1H3/t15-/m0/s1. The molecule has 7 nitrogen and oxygen atoms in total. The summed E-state index contributed by atoms with van der Waals surface area (Å²) in [4.78, 5) is 25.3. The van der Waals surface area contributed by atoms with Gasteiger partial charge in [0.05, 0.1) is 16.1 Å². The molecule has 2 heterocycles. The third-order valence-electron chi connectivity index (χ3n) is 5.32. The second-order valence-electron chi connectivity index (χ2n) is 7.03. The summed E-state index contributed by atoms with van der Waals surface area (Å²) in [7, 11) is -2.25. The summed E-state index contributed by atoms with van der Waals surface area (Å²) in [5, 5.41) is 3.29. The van der Waals surface area contributed by atoms with Crippen molar-refractivity contribution in [3.63, 3.8) is 0 Å². The van der Waals surface area contributed by atoms with E-state index in [9.17, 15) is 18.0 Å². The van der Waals surface area contributed by atoms with Crippen LogP contribution in [-0.4, -0.2) is 50.6 Å². The Balaban J connectivity index is 1.58. The molecule has 0 aromatic heterocycles. The van der Waals surface area contributed by atoms with E-state index in [1.54, 1.807) is 0 Å². The zero-order valence-corrected chi connectivity index (χ0v) is 16.3. The molecule has 4 rings (SSSR count). The van der Waals surface area contributed by atoms with Crippen molar-refractivity contribution in [2.45, 2.75) is 23.8 Å². The van der Waals surface area contributed by atoms with Gasteiger partial charge in [0.15, 0.2) is 0 Å². The predicted octanol–water partition coefficient (Wildman–Crippen LogP) is 2.11. The quantitative estimate of drug-likeness (QED) is 0.778. The summed E-state index contributed by atoms with van der Waals surface area (Å²) in [6, 6.07) is 13.8. The summed E-state index contributed by atoms with van der Waals surface area (Å²) in [5.41, 5.74) is 1.53. The minimum atomic E-state index is -3.76. The summed E-state index contributed by atoms with van der Waals surface area (Å²) in [5.74, 6) is -1.31. The first-order valence-corrected chi connectivity index (χ1v) is 10.6. The lowest BCUT2D eigenvalue weighted by Crippen LogP contribution is -2.39. The van der Waals surface area contributed by atoms with Crippen LogP contribution in [0.1, 0.15) is 23.2 Å². The number of anilines is 2. The van der Waals surface area contributed by atoms with Gasteiger partial charge in [-0.15, -0.1) is 0 Å². The normalized spacial score (nSPS) is 19.9. The van der Waals surface area contributed by atoms with Crippen LogP contribution in [0.5, 0.6) is 0 Å². The zero-order valence-electron chi connectivity index (χ0n) is 15.5. The van der Waals surface area contributed by atoms with Gasteiger partial charge in [0.25, 0.3) is 11.7 Å². The van der Waals surface area contributed by atoms with E-state index in [0.717, 1.165) is 18.5 Å². The fourth-order valence-electron chi connectivity index (χ4n) is 3.78. The number of hydrogen-bond acceptors (Lipinski definition) is 5. The number of sulfonamides is 1. The first-order valence-electron chi connectivity index (χ1n) is 9.17. The Kier molecular flexibility index (Phi) is 4.68. The molecule has 2 aliphatic heterocycles. The lowest BCUT2D eigenvalue weighted by molar-refractivity contribution is -0.114. The van der Waals surface area contributed by atoms with Gasteiger partial charge in [-0.2, -0.15) is 4.31 Å². The molecule has 0 spiro atoms. The highest BCUT2D eigenvalue weighted by Crippen LogP contribution is 2.32. The minimum absolute atomic E-state index is 0.0503. The second kappa shape index (κ2) is 7.03. The van der Waals surface area contributed by atoms with Crippen LogP contribution in [0.25, 0.3) is 0 Å². The summed E-state index contributed by atoms with van der Waals surface area (Å²) < 4.78 is 27.9. The maximum absolute atomic E-state index is 13.2. The van der Waals surface area contributed by atoms with Gasteiger partial charge in [-0.25, -0.2) is 8.42 Å². The van der Waals surface area contributed by atoms with Crippen molar-refractivity contribution in [1.82, 2.24) is 4.31 Å². The molecule has 0 aliphatic carbocycles. The molecule has 28 heavy (non-hydrogen) atoms. The van der Waals surface area contributed by atoms with Gasteiger partial charge >= 0.3 is 0 Å². The van der Waals surface area contributed by atoms with E-state index < -0.39 is 21.7 Å². The summed E-state index contributed by atoms with van der Waals surface area (Å²) in [6.07, 6.45) is 1.55. The summed E-state index contributed by atoms with van der Waals surface area (Å²) >= 11 is 0. The molecule has 0 radical (unpaired) electrons. The lowest BCUT2D eigenvalue weighted by Gasteiger charge is -2.25. The molecule has 1 fully saturated rings. The fourth-order valence-corrected chi connectivity index (χ4v) is 5.50. The van der Waals surface area contributed by atoms with Crippen molar-refractivity contribution in [1.29, 1.82) is 0 Å². The first-order chi connectivity index (χ1) is 13.4. The molecule has 1 saturated heterocycles. The van der Waals surface area contributed by atoms with Crippen molar-refractivity contribution < 1.29 is 18.0 Å². The van der Waals surface area contributed by atoms with Crippen molar-refractivity contribution in [3.05, 3.63) is 54.1 Å². The molecule has 2 aliphatic rings. The number of likely N-dealkylation sites (N-methyl/N-ethyl adjacent to an activating group) is 1. The number of para-hydroxylation sites is 1. The molecular formula is C20H21N3O4S. The SMILES string of the molecule is CN1C(=O)C(=O)c2cc(S(=O)(=O)N3CCC[C@H]3CNc3ccccc3)ccc21. The lowest BCUT2D eigenvalue weighted by atomic mass is 10.1. The van der Waals surface area contributed by atoms with Crippen molar-refractivity contribution >= 4 is 33.1 Å². The van der Waals surface area contributed by atoms with Crippen LogP contribution in [0.3, 0.4) is 0 Å². The molecule has 1 N–H and O–H groups in total. The number of benzene rings is 2. The van der Waals surface area contributed by atoms with Crippen LogP contribution < -0.4 is 10.2 Å². The molecule has 0 bridgehead atoms. The van der Waals surface area contributed by atoms with Gasteiger partial charge in [0.2, 0.25) is 10.0 Å². The number of fused-ring (bicyclic) bond motifs is 1. The Labute approximate surface area is 164 Å². The van der Waals surface area contributed by atoms with E-state index in [1.807, 2.05) is 30.3 Å². The smallest absolute Gasteiger partial charge is 0.299 e. The van der Waals surface area contributed by atoms with Crippen molar-refractivity contribution in [2.24, 2.45) is 0 Å². The number of hydrogen-bond donors (Lipinski definition) is 1. The van der Waals surface area contributed by atoms with Gasteiger partial charge in [-0.05, 0) is 43.2 Å². The van der Waals surface area contributed by atoms with Crippen molar-refractivity contribution in [2.75, 3.05) is 30.4 Å². The zero-order chi connectivity index (χ0) is 19.9. The average Bonchev–Trinajstić information content (AvgIpc) is 3.27. The van der Waals surface area contributed by atoms with Crippen molar-refractivity contribution in [3.8, 4) is 0 Å². The number of rotatable bonds is 5. The van der Waals surface area contributed by atoms with Crippen LogP contribution in [0, 0.1) is 0 Å². The van der Waals surface area contributed by atoms with Gasteiger partial charge < -0.3 is 10.2 Å². The number of nitrogens with zero attached hydrogens (tertiary/aromatic N) is 2. The maximum atomic E-state index is 13.2. The Morgan fingerprint density at radius 2 is 1.86 bits per heavy atom. The van der Waals surface area contributed by atoms with Crippen LogP contribution in [-0.2, 0) is 14.8 Å². The molecule has 0 unspecified atom stereocenters. The molecular weight excluding hydrogens is 378 g/mol. The highest BCUT2D eigenvalue weighted by molar-refractivity contribution is 7.89. The fraction of sp³-hybridized carbons (Fsp3) is 0.300. The molecule has 1 amide bonds. The van der Waals surface area contributed by atoms with E-state index in [-0.39, 0.29) is 16.5 Å². The van der Waals surface area contributed by atoms with Gasteiger partial charge in [-0.1, -0.05) is 18.2 Å². The minimum Gasteiger partial charge on any atom is -0.383 e. The Morgan fingerprint density at radius 3 is 2.61 bits per heavy atom. The molecule has 1 atom stereocenters. The van der Waals surface area contributed by atoms with E-state index in [1.165, 1.54) is 34.5 Å². The Hall–Kier alpha value is -2.71. The Morgan fingerprint density at radius 1 is 1.11 bits per heavy atom. The third-order valence-corrected chi connectivity index (χ3v) is 7.27. The number of carbonyl (C=O) groups excluding carboxylic acids is 2.